The van der Waals surface area contributed by atoms with Gasteiger partial charge in [0.2, 0.25) is 0 Å². The standard InChI is InChI=1S/C21H28N2O2/c1-14-4-3-7-21(2)11-19-16(10-18(14)21)17(20(24)25-19)13-23-12-15-5-8-22-9-6-15/h5-6,8-9,16-19,23H,1,3-4,7,10-13H2,2H3. The van der Waals surface area contributed by atoms with E-state index in [1.165, 1.54) is 24.0 Å². The molecule has 0 radical (unpaired) electrons. The number of pyridine rings is 1. The topological polar surface area (TPSA) is 51.2 Å². The van der Waals surface area contributed by atoms with Crippen molar-refractivity contribution in [2.75, 3.05) is 6.54 Å². The third-order valence-corrected chi connectivity index (χ3v) is 6.76. The second kappa shape index (κ2) is 6.56. The minimum Gasteiger partial charge on any atom is -0.462 e. The molecule has 1 aromatic rings. The van der Waals surface area contributed by atoms with Gasteiger partial charge in [0, 0.05) is 31.4 Å². The number of esters is 1. The third kappa shape index (κ3) is 3.12. The lowest BCUT2D eigenvalue weighted by Gasteiger charge is -2.50. The Labute approximate surface area is 150 Å². The smallest absolute Gasteiger partial charge is 0.310 e. The number of hydrogen-bond acceptors (Lipinski definition) is 4. The molecule has 3 aliphatic rings. The first-order valence-electron chi connectivity index (χ1n) is 9.54. The van der Waals surface area contributed by atoms with Gasteiger partial charge in [-0.1, -0.05) is 19.1 Å². The Morgan fingerprint density at radius 2 is 2.20 bits per heavy atom. The van der Waals surface area contributed by atoms with E-state index in [0.29, 0.717) is 18.4 Å². The molecule has 0 bridgehead atoms. The Balaban J connectivity index is 1.42. The Kier molecular flexibility index (Phi) is 4.40. The number of aromatic nitrogens is 1. The lowest BCUT2D eigenvalue weighted by Crippen LogP contribution is -2.45. The molecule has 1 saturated heterocycles. The Bertz CT molecular complexity index is 659. The lowest BCUT2D eigenvalue weighted by molar-refractivity contribution is -0.146. The molecular formula is C21H28N2O2. The molecule has 1 N–H and O–H groups in total. The maximum absolute atomic E-state index is 12.5. The van der Waals surface area contributed by atoms with Crippen LogP contribution in [0.2, 0.25) is 0 Å². The van der Waals surface area contributed by atoms with E-state index in [-0.39, 0.29) is 23.4 Å². The maximum atomic E-state index is 12.5. The molecular weight excluding hydrogens is 312 g/mol. The molecule has 2 aliphatic carbocycles. The summed E-state index contributed by atoms with van der Waals surface area (Å²) in [7, 11) is 0. The molecule has 5 unspecified atom stereocenters. The summed E-state index contributed by atoms with van der Waals surface area (Å²) in [5.41, 5.74) is 2.86. The minimum absolute atomic E-state index is 0.00918. The van der Waals surface area contributed by atoms with Crippen molar-refractivity contribution < 1.29 is 9.53 Å². The van der Waals surface area contributed by atoms with E-state index in [2.05, 4.69) is 23.8 Å². The van der Waals surface area contributed by atoms with Crippen molar-refractivity contribution >= 4 is 5.97 Å². The average molecular weight is 340 g/mol. The van der Waals surface area contributed by atoms with Gasteiger partial charge in [-0.3, -0.25) is 9.78 Å². The predicted octanol–water partition coefficient (Wildman–Crippen LogP) is 3.49. The van der Waals surface area contributed by atoms with Crippen LogP contribution in [0.5, 0.6) is 0 Å². The second-order valence-corrected chi connectivity index (χ2v) is 8.39. The van der Waals surface area contributed by atoms with E-state index < -0.39 is 0 Å². The van der Waals surface area contributed by atoms with E-state index in [1.807, 2.05) is 12.1 Å². The fourth-order valence-electron chi connectivity index (χ4n) is 5.36. The van der Waals surface area contributed by atoms with Gasteiger partial charge < -0.3 is 10.1 Å². The Morgan fingerprint density at radius 3 is 3.00 bits per heavy atom. The third-order valence-electron chi connectivity index (χ3n) is 6.76. The molecule has 1 aliphatic heterocycles. The second-order valence-electron chi connectivity index (χ2n) is 8.39. The first-order chi connectivity index (χ1) is 12.1. The molecule has 1 aromatic heterocycles. The van der Waals surface area contributed by atoms with Crippen molar-refractivity contribution in [3.05, 3.63) is 42.2 Å². The molecule has 134 valence electrons. The van der Waals surface area contributed by atoms with Crippen LogP contribution in [0, 0.1) is 23.2 Å². The molecule has 25 heavy (non-hydrogen) atoms. The highest BCUT2D eigenvalue weighted by molar-refractivity contribution is 5.75. The van der Waals surface area contributed by atoms with Crippen molar-refractivity contribution in [2.24, 2.45) is 23.2 Å². The Hall–Kier alpha value is -1.68. The van der Waals surface area contributed by atoms with Gasteiger partial charge in [-0.25, -0.2) is 0 Å². The van der Waals surface area contributed by atoms with Gasteiger partial charge in [-0.05, 0) is 61.1 Å². The van der Waals surface area contributed by atoms with E-state index >= 15 is 0 Å². The van der Waals surface area contributed by atoms with Crippen molar-refractivity contribution in [3.8, 4) is 0 Å². The van der Waals surface area contributed by atoms with Crippen LogP contribution < -0.4 is 5.32 Å². The van der Waals surface area contributed by atoms with E-state index in [0.717, 1.165) is 25.8 Å². The first-order valence-corrected chi connectivity index (χ1v) is 9.54. The highest BCUT2D eigenvalue weighted by Gasteiger charge is 2.54. The maximum Gasteiger partial charge on any atom is 0.310 e. The first kappa shape index (κ1) is 16.8. The highest BCUT2D eigenvalue weighted by Crippen LogP contribution is 2.56. The number of carbonyl (C=O) groups excluding carboxylic acids is 1. The van der Waals surface area contributed by atoms with Crippen LogP contribution >= 0.6 is 0 Å². The van der Waals surface area contributed by atoms with E-state index in [4.69, 9.17) is 4.74 Å². The summed E-state index contributed by atoms with van der Waals surface area (Å²) in [6.07, 6.45) is 9.39. The number of nitrogens with zero attached hydrogens (tertiary/aromatic N) is 1. The fourth-order valence-corrected chi connectivity index (χ4v) is 5.36. The molecule has 4 heteroatoms. The van der Waals surface area contributed by atoms with Crippen LogP contribution in [0.15, 0.2) is 36.7 Å². The summed E-state index contributed by atoms with van der Waals surface area (Å²) in [4.78, 5) is 16.5. The van der Waals surface area contributed by atoms with Gasteiger partial charge in [0.25, 0.3) is 0 Å². The molecule has 2 saturated carbocycles. The number of ether oxygens (including phenoxy) is 1. The van der Waals surface area contributed by atoms with Gasteiger partial charge >= 0.3 is 5.97 Å². The largest absolute Gasteiger partial charge is 0.462 e. The molecule has 0 amide bonds. The number of carbonyl (C=O) groups is 1. The molecule has 0 aromatic carbocycles. The van der Waals surface area contributed by atoms with Gasteiger partial charge in [0.05, 0.1) is 5.92 Å². The zero-order valence-electron chi connectivity index (χ0n) is 15.0. The van der Waals surface area contributed by atoms with Crippen LogP contribution in [0.1, 0.15) is 44.6 Å². The van der Waals surface area contributed by atoms with Crippen LogP contribution in [0.3, 0.4) is 0 Å². The minimum atomic E-state index is -0.0221. The molecule has 0 spiro atoms. The van der Waals surface area contributed by atoms with Crippen LogP contribution in [0.25, 0.3) is 0 Å². The number of allylic oxidation sites excluding steroid dienone is 1. The van der Waals surface area contributed by atoms with Crippen LogP contribution in [-0.4, -0.2) is 23.6 Å². The molecule has 4 nitrogen and oxygen atoms in total. The summed E-state index contributed by atoms with van der Waals surface area (Å²) in [6, 6.07) is 4.00. The van der Waals surface area contributed by atoms with Crippen molar-refractivity contribution in [1.82, 2.24) is 10.3 Å². The van der Waals surface area contributed by atoms with Crippen molar-refractivity contribution in [2.45, 2.75) is 51.7 Å². The summed E-state index contributed by atoms with van der Waals surface area (Å²) in [5.74, 6) is 0.862. The zero-order chi connectivity index (χ0) is 17.4. The van der Waals surface area contributed by atoms with Crippen LogP contribution in [-0.2, 0) is 16.1 Å². The van der Waals surface area contributed by atoms with Gasteiger partial charge in [0.1, 0.15) is 6.10 Å². The molecule has 3 fully saturated rings. The summed E-state index contributed by atoms with van der Waals surface area (Å²) in [5, 5.41) is 3.45. The zero-order valence-corrected chi connectivity index (χ0v) is 15.0. The fraction of sp³-hybridized carbons (Fsp3) is 0.619. The normalized spacial score (nSPS) is 37.3. The SMILES string of the molecule is C=C1CCCC2(C)CC3OC(=O)C(CNCc4ccncc4)C3CC12. The Morgan fingerprint density at radius 1 is 1.40 bits per heavy atom. The van der Waals surface area contributed by atoms with Crippen molar-refractivity contribution in [3.63, 3.8) is 0 Å². The molecule has 5 atom stereocenters. The average Bonchev–Trinajstić information content (AvgIpc) is 2.88. The number of fused-ring (bicyclic) bond motifs is 2. The summed E-state index contributed by atoms with van der Waals surface area (Å²) < 4.78 is 5.81. The van der Waals surface area contributed by atoms with E-state index in [1.54, 1.807) is 12.4 Å². The van der Waals surface area contributed by atoms with Gasteiger partial charge in [-0.15, -0.1) is 0 Å². The number of rotatable bonds is 4. The highest BCUT2D eigenvalue weighted by atomic mass is 16.6. The molecule has 4 rings (SSSR count). The predicted molar refractivity (Wildman–Crippen MR) is 96.6 cm³/mol. The van der Waals surface area contributed by atoms with Crippen molar-refractivity contribution in [1.29, 1.82) is 0 Å². The quantitative estimate of drug-likeness (QED) is 0.673. The van der Waals surface area contributed by atoms with Gasteiger partial charge in [-0.2, -0.15) is 0 Å². The molecule has 2 heterocycles. The van der Waals surface area contributed by atoms with E-state index in [9.17, 15) is 4.79 Å². The van der Waals surface area contributed by atoms with Gasteiger partial charge in [0.15, 0.2) is 0 Å². The van der Waals surface area contributed by atoms with Crippen LogP contribution in [0.4, 0.5) is 0 Å². The summed E-state index contributed by atoms with van der Waals surface area (Å²) in [6.45, 7) is 8.19. The number of nitrogens with one attached hydrogen (secondary N) is 1. The monoisotopic (exact) mass is 340 g/mol. The number of hydrogen-bond donors (Lipinski definition) is 1. The summed E-state index contributed by atoms with van der Waals surface area (Å²) >= 11 is 0. The lowest BCUT2D eigenvalue weighted by atomic mass is 9.55.